The maximum Gasteiger partial charge on any atom is 0.0655 e. The fourth-order valence-corrected chi connectivity index (χ4v) is 0.890. The Hall–Kier alpha value is -1.09. The lowest BCUT2D eigenvalue weighted by atomic mass is 10.2. The van der Waals surface area contributed by atoms with Crippen LogP contribution in [0.4, 0.5) is 10.2 Å². The Morgan fingerprint density at radius 2 is 1.91 bits per heavy atom. The van der Waals surface area contributed by atoms with E-state index in [-0.39, 0.29) is 0 Å². The SMILES string of the molecule is CNCc1ccc(NF)cc1. The minimum Gasteiger partial charge on any atom is -0.316 e. The van der Waals surface area contributed by atoms with E-state index in [1.165, 1.54) is 0 Å². The predicted octanol–water partition coefficient (Wildman–Crippen LogP) is 1.70. The molecule has 0 atom stereocenters. The molecule has 0 fully saturated rings. The van der Waals surface area contributed by atoms with Crippen molar-refractivity contribution < 1.29 is 4.48 Å². The first-order valence-electron chi connectivity index (χ1n) is 3.47. The van der Waals surface area contributed by atoms with Crippen LogP contribution in [0.5, 0.6) is 0 Å². The monoisotopic (exact) mass is 154 g/mol. The quantitative estimate of drug-likeness (QED) is 0.647. The molecule has 2 nitrogen and oxygen atoms in total. The van der Waals surface area contributed by atoms with Crippen molar-refractivity contribution in [3.63, 3.8) is 0 Å². The molecule has 1 aromatic carbocycles. The van der Waals surface area contributed by atoms with Crippen molar-refractivity contribution >= 4 is 5.69 Å². The van der Waals surface area contributed by atoms with Crippen molar-refractivity contribution in [2.24, 2.45) is 0 Å². The Morgan fingerprint density at radius 3 is 2.36 bits per heavy atom. The van der Waals surface area contributed by atoms with E-state index in [4.69, 9.17) is 0 Å². The largest absolute Gasteiger partial charge is 0.316 e. The van der Waals surface area contributed by atoms with Gasteiger partial charge in [-0.1, -0.05) is 12.1 Å². The van der Waals surface area contributed by atoms with E-state index in [9.17, 15) is 4.48 Å². The molecule has 0 radical (unpaired) electrons. The smallest absolute Gasteiger partial charge is 0.0655 e. The van der Waals surface area contributed by atoms with E-state index >= 15 is 0 Å². The highest BCUT2D eigenvalue weighted by atomic mass is 19.2. The van der Waals surface area contributed by atoms with E-state index in [2.05, 4.69) is 5.32 Å². The fraction of sp³-hybridized carbons (Fsp3) is 0.250. The highest BCUT2D eigenvalue weighted by Gasteiger charge is 1.90. The second kappa shape index (κ2) is 3.93. The second-order valence-electron chi connectivity index (χ2n) is 2.32. The zero-order chi connectivity index (χ0) is 8.10. The van der Waals surface area contributed by atoms with Crippen LogP contribution < -0.4 is 10.9 Å². The van der Waals surface area contributed by atoms with Crippen LogP contribution in [0, 0.1) is 0 Å². The summed E-state index contributed by atoms with van der Waals surface area (Å²) in [5.74, 6) is 0. The molecular weight excluding hydrogens is 143 g/mol. The molecule has 0 aliphatic carbocycles. The van der Waals surface area contributed by atoms with Crippen LogP contribution in [-0.4, -0.2) is 7.05 Å². The van der Waals surface area contributed by atoms with E-state index in [0.29, 0.717) is 5.69 Å². The average Bonchev–Trinajstić information content (AvgIpc) is 2.07. The normalized spacial score (nSPS) is 9.64. The van der Waals surface area contributed by atoms with Gasteiger partial charge in [0.15, 0.2) is 0 Å². The van der Waals surface area contributed by atoms with Gasteiger partial charge >= 0.3 is 0 Å². The molecule has 3 heteroatoms. The molecule has 0 heterocycles. The van der Waals surface area contributed by atoms with Gasteiger partial charge in [0, 0.05) is 6.54 Å². The van der Waals surface area contributed by atoms with Gasteiger partial charge in [-0.2, -0.15) is 0 Å². The van der Waals surface area contributed by atoms with Crippen molar-refractivity contribution in [2.45, 2.75) is 6.54 Å². The third kappa shape index (κ3) is 2.20. The van der Waals surface area contributed by atoms with Crippen LogP contribution in [0.2, 0.25) is 0 Å². The molecule has 11 heavy (non-hydrogen) atoms. The summed E-state index contributed by atoms with van der Waals surface area (Å²) in [5, 5.41) is 3.01. The first-order valence-corrected chi connectivity index (χ1v) is 3.47. The lowest BCUT2D eigenvalue weighted by molar-refractivity contribution is 0.617. The van der Waals surface area contributed by atoms with Crippen molar-refractivity contribution in [3.8, 4) is 0 Å². The molecular formula is C8H11FN2. The lowest BCUT2D eigenvalue weighted by Gasteiger charge is -2.00. The maximum absolute atomic E-state index is 11.8. The molecule has 0 aromatic heterocycles. The van der Waals surface area contributed by atoms with Gasteiger partial charge in [-0.05, 0) is 24.7 Å². The molecule has 1 rings (SSSR count). The van der Waals surface area contributed by atoms with Crippen molar-refractivity contribution in [1.82, 2.24) is 5.32 Å². The summed E-state index contributed by atoms with van der Waals surface area (Å²) in [4.78, 5) is 0. The summed E-state index contributed by atoms with van der Waals surface area (Å²) >= 11 is 0. The van der Waals surface area contributed by atoms with Crippen LogP contribution in [0.3, 0.4) is 0 Å². The van der Waals surface area contributed by atoms with Gasteiger partial charge in [0.2, 0.25) is 0 Å². The van der Waals surface area contributed by atoms with Gasteiger partial charge in [-0.3, -0.25) is 0 Å². The van der Waals surface area contributed by atoms with Crippen LogP contribution in [0.1, 0.15) is 5.56 Å². The Morgan fingerprint density at radius 1 is 1.27 bits per heavy atom. The molecule has 1 aromatic rings. The summed E-state index contributed by atoms with van der Waals surface area (Å²) in [7, 11) is 1.88. The standard InChI is InChI=1S/C8H11FN2/c1-10-6-7-2-4-8(11-9)5-3-7/h2-5,10-11H,6H2,1H3. The third-order valence-electron chi connectivity index (χ3n) is 1.44. The van der Waals surface area contributed by atoms with Crippen molar-refractivity contribution in [1.29, 1.82) is 0 Å². The highest BCUT2D eigenvalue weighted by molar-refractivity contribution is 5.42. The van der Waals surface area contributed by atoms with Gasteiger partial charge < -0.3 is 5.32 Å². The Labute approximate surface area is 65.4 Å². The molecule has 0 saturated heterocycles. The van der Waals surface area contributed by atoms with Gasteiger partial charge in [-0.15, -0.1) is 4.48 Å². The number of hydrogen-bond donors (Lipinski definition) is 2. The van der Waals surface area contributed by atoms with Gasteiger partial charge in [0.05, 0.1) is 5.69 Å². The topological polar surface area (TPSA) is 24.1 Å². The van der Waals surface area contributed by atoms with Gasteiger partial charge in [0.1, 0.15) is 0 Å². The molecule has 0 amide bonds. The molecule has 0 bridgehead atoms. The number of anilines is 1. The first-order chi connectivity index (χ1) is 5.36. The molecule has 2 N–H and O–H groups in total. The summed E-state index contributed by atoms with van der Waals surface area (Å²) in [6.07, 6.45) is 0. The van der Waals surface area contributed by atoms with E-state index in [0.717, 1.165) is 12.1 Å². The van der Waals surface area contributed by atoms with Crippen molar-refractivity contribution in [3.05, 3.63) is 29.8 Å². The first kappa shape index (κ1) is 8.01. The highest BCUT2D eigenvalue weighted by Crippen LogP contribution is 2.08. The maximum atomic E-state index is 11.8. The van der Waals surface area contributed by atoms with Crippen LogP contribution in [0.25, 0.3) is 0 Å². The van der Waals surface area contributed by atoms with E-state index in [1.54, 1.807) is 17.7 Å². The Bertz CT molecular complexity index is 208. The molecule has 60 valence electrons. The summed E-state index contributed by atoms with van der Waals surface area (Å²) in [6, 6.07) is 7.15. The van der Waals surface area contributed by atoms with Gasteiger partial charge in [0.25, 0.3) is 0 Å². The third-order valence-corrected chi connectivity index (χ3v) is 1.44. The minimum atomic E-state index is 0.491. The Kier molecular flexibility index (Phi) is 2.86. The molecule has 0 aliphatic heterocycles. The van der Waals surface area contributed by atoms with E-state index < -0.39 is 0 Å². The minimum absolute atomic E-state index is 0.491. The number of nitrogens with one attached hydrogen (secondary N) is 2. The van der Waals surface area contributed by atoms with Crippen LogP contribution in [-0.2, 0) is 6.54 Å². The molecule has 0 spiro atoms. The van der Waals surface area contributed by atoms with Crippen LogP contribution in [0.15, 0.2) is 24.3 Å². The van der Waals surface area contributed by atoms with E-state index in [1.807, 2.05) is 19.2 Å². The molecule has 0 unspecified atom stereocenters. The number of benzene rings is 1. The zero-order valence-corrected chi connectivity index (χ0v) is 6.39. The second-order valence-corrected chi connectivity index (χ2v) is 2.32. The van der Waals surface area contributed by atoms with Crippen molar-refractivity contribution in [2.75, 3.05) is 12.6 Å². The van der Waals surface area contributed by atoms with Crippen LogP contribution >= 0.6 is 0 Å². The zero-order valence-electron chi connectivity index (χ0n) is 6.39. The number of hydrogen-bond acceptors (Lipinski definition) is 2. The molecule has 0 aliphatic rings. The summed E-state index contributed by atoms with van der Waals surface area (Å²) < 4.78 is 11.8. The van der Waals surface area contributed by atoms with Gasteiger partial charge in [-0.25, -0.2) is 5.54 Å². The Balaban J connectivity index is 2.66. The fourth-order valence-electron chi connectivity index (χ4n) is 0.890. The average molecular weight is 154 g/mol. The summed E-state index contributed by atoms with van der Waals surface area (Å²) in [5.41, 5.74) is 3.21. The lowest BCUT2D eigenvalue weighted by Crippen LogP contribution is -2.04. The number of halogens is 1. The predicted molar refractivity (Wildman–Crippen MR) is 43.9 cm³/mol. The molecule has 0 saturated carbocycles. The summed E-state index contributed by atoms with van der Waals surface area (Å²) in [6.45, 7) is 0.812. The number of rotatable bonds is 3.